The van der Waals surface area contributed by atoms with Gasteiger partial charge in [-0.3, -0.25) is 4.79 Å². The van der Waals surface area contributed by atoms with Crippen molar-refractivity contribution in [1.82, 2.24) is 0 Å². The van der Waals surface area contributed by atoms with Gasteiger partial charge in [0.25, 0.3) is 0 Å². The predicted molar refractivity (Wildman–Crippen MR) is 205 cm³/mol. The second-order valence-corrected chi connectivity index (χ2v) is 18.2. The van der Waals surface area contributed by atoms with E-state index in [-0.39, 0.29) is 12.1 Å². The molecule has 4 nitrogen and oxygen atoms in total. The largest absolute Gasteiger partial charge is 0.462 e. The summed E-state index contributed by atoms with van der Waals surface area (Å²) in [6, 6.07) is 0. The number of fused-ring (bicyclic) bond motifs is 5. The van der Waals surface area contributed by atoms with Crippen LogP contribution < -0.4 is 0 Å². The number of rotatable bonds is 22. The summed E-state index contributed by atoms with van der Waals surface area (Å²) in [5.41, 5.74) is 2.46. The van der Waals surface area contributed by atoms with Gasteiger partial charge in [-0.05, 0) is 123 Å². The molecule has 3 saturated carbocycles. The van der Waals surface area contributed by atoms with E-state index in [1.54, 1.807) is 5.57 Å². The third-order valence-electron chi connectivity index (χ3n) is 14.4. The summed E-state index contributed by atoms with van der Waals surface area (Å²) in [5, 5.41) is 9.20. The van der Waals surface area contributed by atoms with Gasteiger partial charge in [-0.1, -0.05) is 124 Å². The maximum Gasteiger partial charge on any atom is 0.306 e. The number of carbonyl (C=O) groups excluding carboxylic acids is 1. The molecule has 0 saturated heterocycles. The zero-order chi connectivity index (χ0) is 35.3. The van der Waals surface area contributed by atoms with Crippen LogP contribution in [0.5, 0.6) is 0 Å². The molecule has 8 atom stereocenters. The van der Waals surface area contributed by atoms with Gasteiger partial charge in [-0.25, -0.2) is 5.26 Å². The van der Waals surface area contributed by atoms with Gasteiger partial charge in [-0.15, -0.1) is 0 Å². The first kappa shape index (κ1) is 40.5. The summed E-state index contributed by atoms with van der Waals surface area (Å²) in [6.45, 7) is 14.8. The minimum Gasteiger partial charge on any atom is -0.462 e. The van der Waals surface area contributed by atoms with Crippen molar-refractivity contribution in [2.24, 2.45) is 46.3 Å². The fourth-order valence-electron chi connectivity index (χ4n) is 11.5. The van der Waals surface area contributed by atoms with E-state index in [1.165, 1.54) is 89.9 Å². The number of ether oxygens (including phenoxy) is 1. The lowest BCUT2D eigenvalue weighted by molar-refractivity contribution is -0.206. The molecule has 1 N–H and O–H groups in total. The molecule has 0 bridgehead atoms. The van der Waals surface area contributed by atoms with Gasteiger partial charge in [0.05, 0.1) is 0 Å². The van der Waals surface area contributed by atoms with Crippen LogP contribution in [0.1, 0.15) is 202 Å². The van der Waals surface area contributed by atoms with E-state index in [0.29, 0.717) is 17.3 Å². The molecule has 0 radical (unpaired) electrons. The van der Waals surface area contributed by atoms with Crippen LogP contribution >= 0.6 is 0 Å². The summed E-state index contributed by atoms with van der Waals surface area (Å²) in [4.78, 5) is 17.5. The van der Waals surface area contributed by atoms with Crippen LogP contribution in [-0.2, 0) is 14.4 Å². The van der Waals surface area contributed by atoms with E-state index in [0.717, 1.165) is 105 Å². The molecule has 0 aromatic rings. The topological polar surface area (TPSA) is 55.8 Å². The molecule has 282 valence electrons. The lowest BCUT2D eigenvalue weighted by Gasteiger charge is -2.58. The summed E-state index contributed by atoms with van der Waals surface area (Å²) >= 11 is 0. The molecule has 0 unspecified atom stereocenters. The Kier molecular flexibility index (Phi) is 16.6. The standard InChI is InChI=1S/C45H78O4/c1-7-8-9-10-13-16-22-37(49-47)23-17-14-11-12-15-18-24-43(46)48-38-29-31-44(5)36(33-38)25-26-39-41-28-27-40(35(4)21-19-20-34(2)3)45(41,6)32-30-42(39)44/h23,25,34-35,38-42,47H,7-22,24,26-33H2,1-6H3/b37-23+/t35-,38+,39+,40-,41+,42+,44+,45-/m1/s1. The van der Waals surface area contributed by atoms with Crippen LogP contribution in [0, 0.1) is 46.3 Å². The highest BCUT2D eigenvalue weighted by Crippen LogP contribution is 2.67. The Morgan fingerprint density at radius 2 is 1.57 bits per heavy atom. The highest BCUT2D eigenvalue weighted by molar-refractivity contribution is 5.69. The average Bonchev–Trinajstić information content (AvgIpc) is 3.43. The van der Waals surface area contributed by atoms with Crippen LogP contribution in [0.25, 0.3) is 0 Å². The van der Waals surface area contributed by atoms with Crippen molar-refractivity contribution in [2.45, 2.75) is 208 Å². The second kappa shape index (κ2) is 20.1. The second-order valence-electron chi connectivity index (χ2n) is 18.2. The lowest BCUT2D eigenvalue weighted by atomic mass is 9.47. The van der Waals surface area contributed by atoms with Gasteiger partial charge >= 0.3 is 5.97 Å². The Morgan fingerprint density at radius 3 is 2.31 bits per heavy atom. The van der Waals surface area contributed by atoms with Gasteiger partial charge in [0.15, 0.2) is 0 Å². The third-order valence-corrected chi connectivity index (χ3v) is 14.4. The van der Waals surface area contributed by atoms with Crippen LogP contribution in [0.2, 0.25) is 0 Å². The van der Waals surface area contributed by atoms with Gasteiger partial charge in [0, 0.05) is 19.3 Å². The molecule has 0 aromatic heterocycles. The summed E-state index contributed by atoms with van der Waals surface area (Å²) in [5.74, 6) is 5.91. The molecule has 49 heavy (non-hydrogen) atoms. The number of hydrogen-bond acceptors (Lipinski definition) is 4. The minimum absolute atomic E-state index is 0.0122. The maximum atomic E-state index is 12.8. The highest BCUT2D eigenvalue weighted by atomic mass is 17.1. The van der Waals surface area contributed by atoms with E-state index in [4.69, 9.17) is 4.74 Å². The number of carbonyl (C=O) groups is 1. The van der Waals surface area contributed by atoms with E-state index in [1.807, 2.05) is 0 Å². The van der Waals surface area contributed by atoms with Crippen LogP contribution in [-0.4, -0.2) is 17.3 Å². The molecule has 4 aliphatic rings. The van der Waals surface area contributed by atoms with Gasteiger partial charge in [0.1, 0.15) is 11.9 Å². The van der Waals surface area contributed by atoms with Crippen molar-refractivity contribution in [3.8, 4) is 0 Å². The van der Waals surface area contributed by atoms with Gasteiger partial charge in [0.2, 0.25) is 0 Å². The molecule has 4 heteroatoms. The van der Waals surface area contributed by atoms with Gasteiger partial charge in [-0.2, -0.15) is 0 Å². The molecule has 4 rings (SSSR count). The SMILES string of the molecule is CCCCCCCC/C(=C\CCCCCCCC(=O)O[C@H]1CC[C@@]2(C)C(=CC[C@H]3[C@@H]4CC[C@H]([C@H](C)CCCC(C)C)[C@@]4(C)CC[C@@H]32)C1)OO. The van der Waals surface area contributed by atoms with Crippen LogP contribution in [0.4, 0.5) is 0 Å². The number of hydrogen-bond donors (Lipinski definition) is 1. The zero-order valence-corrected chi connectivity index (χ0v) is 33.0. The van der Waals surface area contributed by atoms with Crippen LogP contribution in [0.3, 0.4) is 0 Å². The Balaban J connectivity index is 1.13. The molecule has 0 spiro atoms. The number of allylic oxidation sites excluding steroid dienone is 3. The number of esters is 1. The molecule has 0 aliphatic heterocycles. The van der Waals surface area contributed by atoms with E-state index in [2.05, 4.69) is 58.6 Å². The summed E-state index contributed by atoms with van der Waals surface area (Å²) < 4.78 is 6.11. The molecule has 4 aliphatic carbocycles. The summed E-state index contributed by atoms with van der Waals surface area (Å²) in [6.07, 6.45) is 34.3. The predicted octanol–water partition coefficient (Wildman–Crippen LogP) is 13.8. The van der Waals surface area contributed by atoms with Crippen molar-refractivity contribution in [2.75, 3.05) is 0 Å². The van der Waals surface area contributed by atoms with E-state index < -0.39 is 0 Å². The normalized spacial score (nSPS) is 31.9. The Labute approximate surface area is 303 Å². The lowest BCUT2D eigenvalue weighted by Crippen LogP contribution is -2.51. The molecular formula is C45H78O4. The van der Waals surface area contributed by atoms with Crippen molar-refractivity contribution < 1.29 is 19.7 Å². The first-order valence-corrected chi connectivity index (χ1v) is 21.5. The molecule has 0 amide bonds. The summed E-state index contributed by atoms with van der Waals surface area (Å²) in [7, 11) is 0. The van der Waals surface area contributed by atoms with E-state index in [9.17, 15) is 10.1 Å². The smallest absolute Gasteiger partial charge is 0.306 e. The van der Waals surface area contributed by atoms with Crippen molar-refractivity contribution in [1.29, 1.82) is 0 Å². The first-order valence-electron chi connectivity index (χ1n) is 21.5. The quantitative estimate of drug-likeness (QED) is 0.0308. The van der Waals surface area contributed by atoms with Crippen molar-refractivity contribution in [3.05, 3.63) is 23.5 Å². The van der Waals surface area contributed by atoms with E-state index >= 15 is 0 Å². The van der Waals surface area contributed by atoms with Crippen LogP contribution in [0.15, 0.2) is 23.5 Å². The van der Waals surface area contributed by atoms with Gasteiger partial charge < -0.3 is 9.62 Å². The third kappa shape index (κ3) is 11.1. The minimum atomic E-state index is 0.0122. The van der Waals surface area contributed by atoms with Crippen molar-refractivity contribution in [3.63, 3.8) is 0 Å². The molecule has 0 heterocycles. The number of unbranched alkanes of at least 4 members (excludes halogenated alkanes) is 10. The first-order chi connectivity index (χ1) is 23.6. The fraction of sp³-hybridized carbons (Fsp3) is 0.889. The Bertz CT molecular complexity index is 1040. The highest BCUT2D eigenvalue weighted by Gasteiger charge is 2.59. The Morgan fingerprint density at radius 1 is 0.857 bits per heavy atom. The Hall–Kier alpha value is -1.29. The zero-order valence-electron chi connectivity index (χ0n) is 33.0. The fourth-order valence-corrected chi connectivity index (χ4v) is 11.5. The average molecular weight is 683 g/mol. The molecule has 3 fully saturated rings. The van der Waals surface area contributed by atoms with Crippen molar-refractivity contribution >= 4 is 5.97 Å². The maximum absolute atomic E-state index is 12.8. The molecular weight excluding hydrogens is 604 g/mol. The monoisotopic (exact) mass is 683 g/mol. The molecule has 0 aromatic carbocycles.